The van der Waals surface area contributed by atoms with Gasteiger partial charge in [0.2, 0.25) is 11.7 Å². The number of carbonyl (C=O) groups is 1. The molecular weight excluding hydrogens is 521 g/mol. The van der Waals surface area contributed by atoms with E-state index in [1.165, 1.54) is 0 Å². The third-order valence-corrected chi connectivity index (χ3v) is 7.82. The Labute approximate surface area is 229 Å². The minimum atomic E-state index is -4.56. The molecule has 0 saturated carbocycles. The molecule has 40 heavy (non-hydrogen) atoms. The number of piperidine rings is 1. The molecule has 4 heterocycles. The SMILES string of the molecule is C[C@@H]1CN(c2ccnc3cc(OCc4ccccc4)ccc23)CC[C@@H]1C(=O)N1CCn2c(nnc2C(F)(F)F)C1. The minimum Gasteiger partial charge on any atom is -0.489 e. The first-order chi connectivity index (χ1) is 19.3. The van der Waals surface area contributed by atoms with Crippen LogP contribution in [0.25, 0.3) is 10.9 Å². The highest BCUT2D eigenvalue weighted by molar-refractivity contribution is 5.92. The van der Waals surface area contributed by atoms with Crippen molar-refractivity contribution in [2.75, 3.05) is 24.5 Å². The summed E-state index contributed by atoms with van der Waals surface area (Å²) in [6.45, 7) is 4.20. The van der Waals surface area contributed by atoms with Gasteiger partial charge in [-0.2, -0.15) is 13.2 Å². The number of benzene rings is 2. The monoisotopic (exact) mass is 550 g/mol. The number of rotatable bonds is 5. The lowest BCUT2D eigenvalue weighted by Crippen LogP contribution is -2.49. The Kier molecular flexibility index (Phi) is 6.81. The summed E-state index contributed by atoms with van der Waals surface area (Å²) in [7, 11) is 0. The predicted octanol–water partition coefficient (Wildman–Crippen LogP) is 4.93. The fourth-order valence-electron chi connectivity index (χ4n) is 5.74. The summed E-state index contributed by atoms with van der Waals surface area (Å²) in [5.74, 6) is -0.265. The summed E-state index contributed by atoms with van der Waals surface area (Å²) in [5, 5.41) is 8.04. The van der Waals surface area contributed by atoms with Crippen molar-refractivity contribution in [1.29, 1.82) is 0 Å². The zero-order valence-corrected chi connectivity index (χ0v) is 22.0. The van der Waals surface area contributed by atoms with Gasteiger partial charge in [-0.05, 0) is 36.1 Å². The molecule has 1 saturated heterocycles. The van der Waals surface area contributed by atoms with Crippen LogP contribution in [-0.2, 0) is 30.7 Å². The number of alkyl halides is 3. The van der Waals surface area contributed by atoms with E-state index in [2.05, 4.69) is 27.0 Å². The molecule has 2 aromatic carbocycles. The van der Waals surface area contributed by atoms with Gasteiger partial charge in [0.1, 0.15) is 12.4 Å². The number of hydrogen-bond donors (Lipinski definition) is 0. The molecule has 0 N–H and O–H groups in total. The van der Waals surface area contributed by atoms with E-state index in [9.17, 15) is 18.0 Å². The number of pyridine rings is 1. The van der Waals surface area contributed by atoms with E-state index < -0.39 is 12.0 Å². The maximum absolute atomic E-state index is 13.4. The first kappa shape index (κ1) is 26.1. The van der Waals surface area contributed by atoms with Crippen LogP contribution in [-0.4, -0.2) is 50.2 Å². The molecule has 4 aromatic rings. The van der Waals surface area contributed by atoms with Gasteiger partial charge < -0.3 is 19.1 Å². The minimum absolute atomic E-state index is 0.0326. The summed E-state index contributed by atoms with van der Waals surface area (Å²) in [5.41, 5.74) is 2.99. The van der Waals surface area contributed by atoms with Crippen LogP contribution in [0.4, 0.5) is 18.9 Å². The number of ether oxygens (including phenoxy) is 1. The van der Waals surface area contributed by atoms with Gasteiger partial charge in [0, 0.05) is 55.4 Å². The first-order valence-electron chi connectivity index (χ1n) is 13.4. The van der Waals surface area contributed by atoms with E-state index in [0.717, 1.165) is 32.5 Å². The third-order valence-electron chi connectivity index (χ3n) is 7.82. The number of amides is 1. The number of carbonyl (C=O) groups excluding carboxylic acids is 1. The molecule has 0 spiro atoms. The Bertz CT molecular complexity index is 1520. The van der Waals surface area contributed by atoms with Crippen molar-refractivity contribution >= 4 is 22.5 Å². The second-order valence-corrected chi connectivity index (χ2v) is 10.5. The zero-order valence-electron chi connectivity index (χ0n) is 22.0. The zero-order chi connectivity index (χ0) is 27.9. The summed E-state index contributed by atoms with van der Waals surface area (Å²) >= 11 is 0. The van der Waals surface area contributed by atoms with Gasteiger partial charge in [0.25, 0.3) is 0 Å². The Morgan fingerprint density at radius 1 is 1.05 bits per heavy atom. The van der Waals surface area contributed by atoms with Gasteiger partial charge in [-0.15, -0.1) is 10.2 Å². The molecule has 208 valence electrons. The molecule has 0 bridgehead atoms. The average molecular weight is 551 g/mol. The Balaban J connectivity index is 1.12. The molecule has 0 aliphatic carbocycles. The van der Waals surface area contributed by atoms with Crippen LogP contribution in [0.3, 0.4) is 0 Å². The van der Waals surface area contributed by atoms with E-state index in [-0.39, 0.29) is 43.2 Å². The lowest BCUT2D eigenvalue weighted by atomic mass is 9.85. The molecule has 2 atom stereocenters. The van der Waals surface area contributed by atoms with E-state index in [4.69, 9.17) is 4.74 Å². The van der Waals surface area contributed by atoms with E-state index in [0.29, 0.717) is 26.1 Å². The molecule has 2 aliphatic heterocycles. The summed E-state index contributed by atoms with van der Waals surface area (Å²) in [6.07, 6.45) is -2.12. The predicted molar refractivity (Wildman–Crippen MR) is 142 cm³/mol. The van der Waals surface area contributed by atoms with Crippen molar-refractivity contribution in [1.82, 2.24) is 24.6 Å². The van der Waals surface area contributed by atoms with Crippen LogP contribution in [0, 0.1) is 11.8 Å². The normalized spacial score (nSPS) is 19.5. The quantitative estimate of drug-likeness (QED) is 0.351. The van der Waals surface area contributed by atoms with Gasteiger partial charge >= 0.3 is 6.18 Å². The second kappa shape index (κ2) is 10.4. The van der Waals surface area contributed by atoms with Crippen molar-refractivity contribution < 1.29 is 22.7 Å². The molecule has 1 fully saturated rings. The number of fused-ring (bicyclic) bond motifs is 2. The molecule has 11 heteroatoms. The van der Waals surface area contributed by atoms with Gasteiger partial charge in [-0.3, -0.25) is 9.78 Å². The van der Waals surface area contributed by atoms with Crippen LogP contribution in [0.5, 0.6) is 5.75 Å². The van der Waals surface area contributed by atoms with Crippen LogP contribution < -0.4 is 9.64 Å². The van der Waals surface area contributed by atoms with Crippen molar-refractivity contribution in [3.63, 3.8) is 0 Å². The highest BCUT2D eigenvalue weighted by atomic mass is 19.4. The smallest absolute Gasteiger partial charge is 0.451 e. The number of hydrogen-bond acceptors (Lipinski definition) is 6. The lowest BCUT2D eigenvalue weighted by Gasteiger charge is -2.40. The molecule has 0 radical (unpaired) electrons. The Morgan fingerprint density at radius 2 is 1.88 bits per heavy atom. The highest BCUT2D eigenvalue weighted by Crippen LogP contribution is 2.35. The average Bonchev–Trinajstić information content (AvgIpc) is 3.40. The first-order valence-corrected chi connectivity index (χ1v) is 13.4. The van der Waals surface area contributed by atoms with Crippen LogP contribution in [0.1, 0.15) is 30.6 Å². The number of anilines is 1. The van der Waals surface area contributed by atoms with E-state index in [1.54, 1.807) is 11.1 Å². The summed E-state index contributed by atoms with van der Waals surface area (Å²) in [6, 6.07) is 17.9. The molecule has 6 rings (SSSR count). The fourth-order valence-corrected chi connectivity index (χ4v) is 5.74. The maximum atomic E-state index is 13.4. The molecule has 8 nitrogen and oxygen atoms in total. The molecule has 0 unspecified atom stereocenters. The van der Waals surface area contributed by atoms with Crippen LogP contribution >= 0.6 is 0 Å². The lowest BCUT2D eigenvalue weighted by molar-refractivity contribution is -0.148. The molecule has 2 aliphatic rings. The maximum Gasteiger partial charge on any atom is 0.451 e. The third kappa shape index (κ3) is 5.07. The number of nitrogens with zero attached hydrogens (tertiary/aromatic N) is 6. The Hall–Kier alpha value is -4.15. The summed E-state index contributed by atoms with van der Waals surface area (Å²) in [4.78, 5) is 21.9. The van der Waals surface area contributed by atoms with Crippen molar-refractivity contribution in [3.05, 3.63) is 78.0 Å². The van der Waals surface area contributed by atoms with Gasteiger partial charge in [-0.25, -0.2) is 0 Å². The summed E-state index contributed by atoms with van der Waals surface area (Å²) < 4.78 is 46.6. The van der Waals surface area contributed by atoms with Crippen molar-refractivity contribution in [3.8, 4) is 5.75 Å². The van der Waals surface area contributed by atoms with Crippen LogP contribution in [0.15, 0.2) is 60.8 Å². The van der Waals surface area contributed by atoms with Crippen molar-refractivity contribution in [2.24, 2.45) is 11.8 Å². The topological polar surface area (TPSA) is 76.4 Å². The molecule has 1 amide bonds. The van der Waals surface area contributed by atoms with Gasteiger partial charge in [-0.1, -0.05) is 37.3 Å². The van der Waals surface area contributed by atoms with Crippen LogP contribution in [0.2, 0.25) is 0 Å². The van der Waals surface area contributed by atoms with E-state index in [1.807, 2.05) is 54.6 Å². The van der Waals surface area contributed by atoms with Gasteiger partial charge in [0.05, 0.1) is 12.1 Å². The molecule has 2 aromatic heterocycles. The number of aromatic nitrogens is 4. The largest absolute Gasteiger partial charge is 0.489 e. The highest BCUT2D eigenvalue weighted by Gasteiger charge is 2.41. The number of halogens is 3. The fraction of sp³-hybridized carbons (Fsp3) is 0.379. The second-order valence-electron chi connectivity index (χ2n) is 10.5. The molecular formula is C29H29F3N6O2. The Morgan fingerprint density at radius 3 is 2.65 bits per heavy atom. The van der Waals surface area contributed by atoms with E-state index >= 15 is 0 Å². The van der Waals surface area contributed by atoms with Crippen molar-refractivity contribution in [2.45, 2.75) is 39.2 Å². The standard InChI is InChI=1S/C29H29F3N6O2/c1-19-16-36(12-10-22(19)27(39)37-13-14-38-26(17-37)34-35-28(38)29(30,31)32)25-9-11-33-24-15-21(7-8-23(24)25)40-18-20-5-3-2-4-6-20/h2-9,11,15,19,22H,10,12-14,16-18H2,1H3/t19-,22+/m1/s1. The van der Waals surface area contributed by atoms with Gasteiger partial charge in [0.15, 0.2) is 5.82 Å².